The Morgan fingerprint density at radius 2 is 0.625 bits per heavy atom. The molecular weight excluding hydrogens is 697 g/mol. The number of rotatable bonds is 43. The first-order valence-electron chi connectivity index (χ1n) is 24.6. The summed E-state index contributed by atoms with van der Waals surface area (Å²) in [6.07, 6.45) is 39.4. The number of ether oxygens (including phenoxy) is 3. The normalized spacial score (nSPS) is 12.6. The number of unbranched alkanes of at least 4 members (excludes halogenated alkanes) is 25. The van der Waals surface area contributed by atoms with E-state index in [1.807, 2.05) is 0 Å². The lowest BCUT2D eigenvalue weighted by Gasteiger charge is -2.18. The van der Waals surface area contributed by atoms with Crippen LogP contribution in [0.3, 0.4) is 0 Å². The maximum absolute atomic E-state index is 12.7. The first kappa shape index (κ1) is 54.4. The molecule has 1 unspecified atom stereocenters. The van der Waals surface area contributed by atoms with Gasteiger partial charge >= 0.3 is 17.9 Å². The molecule has 56 heavy (non-hydrogen) atoms. The first-order valence-corrected chi connectivity index (χ1v) is 24.6. The predicted molar refractivity (Wildman–Crippen MR) is 238 cm³/mol. The lowest BCUT2D eigenvalue weighted by molar-refractivity contribution is -0.167. The zero-order valence-corrected chi connectivity index (χ0v) is 38.4. The number of hydrogen-bond donors (Lipinski definition) is 0. The molecule has 0 fully saturated rings. The molecule has 0 rings (SSSR count). The van der Waals surface area contributed by atoms with Gasteiger partial charge in [0.15, 0.2) is 6.10 Å². The molecule has 0 aromatic heterocycles. The van der Waals surface area contributed by atoms with Crippen molar-refractivity contribution in [1.29, 1.82) is 0 Å². The standard InChI is InChI=1S/C50H96O6/c1-7-46(6)38-32-26-20-16-17-22-28-34-40-49(52)55-43-47(56-50(53)41-35-29-23-15-11-9-13-19-25-31-37-45(4)5)42-54-48(51)39-33-27-21-14-10-8-12-18-24-30-36-44(2)3/h44-47H,7-43H2,1-6H3/t46?,47-/m1/s1. The Balaban J connectivity index is 4.35. The van der Waals surface area contributed by atoms with Crippen molar-refractivity contribution >= 4 is 17.9 Å². The van der Waals surface area contributed by atoms with Gasteiger partial charge in [0, 0.05) is 19.3 Å². The van der Waals surface area contributed by atoms with E-state index >= 15 is 0 Å². The molecule has 0 heterocycles. The molecule has 0 aromatic carbocycles. The summed E-state index contributed by atoms with van der Waals surface area (Å²) in [7, 11) is 0. The van der Waals surface area contributed by atoms with Crippen molar-refractivity contribution in [3.63, 3.8) is 0 Å². The van der Waals surface area contributed by atoms with Crippen molar-refractivity contribution in [1.82, 2.24) is 0 Å². The molecule has 0 spiro atoms. The van der Waals surface area contributed by atoms with E-state index in [9.17, 15) is 14.4 Å². The highest BCUT2D eigenvalue weighted by Crippen LogP contribution is 2.18. The third-order valence-corrected chi connectivity index (χ3v) is 11.5. The highest BCUT2D eigenvalue weighted by molar-refractivity contribution is 5.71. The van der Waals surface area contributed by atoms with Crippen LogP contribution in [0.4, 0.5) is 0 Å². The minimum Gasteiger partial charge on any atom is -0.462 e. The van der Waals surface area contributed by atoms with Crippen molar-refractivity contribution in [2.75, 3.05) is 13.2 Å². The van der Waals surface area contributed by atoms with Gasteiger partial charge < -0.3 is 14.2 Å². The molecule has 332 valence electrons. The quantitative estimate of drug-likeness (QED) is 0.0348. The number of carbonyl (C=O) groups excluding carboxylic acids is 3. The van der Waals surface area contributed by atoms with Gasteiger partial charge in [0.2, 0.25) is 0 Å². The maximum Gasteiger partial charge on any atom is 0.306 e. The average Bonchev–Trinajstić information content (AvgIpc) is 3.16. The monoisotopic (exact) mass is 793 g/mol. The molecule has 0 aliphatic heterocycles. The summed E-state index contributed by atoms with van der Waals surface area (Å²) in [5.41, 5.74) is 0. The van der Waals surface area contributed by atoms with Crippen LogP contribution in [0.2, 0.25) is 0 Å². The first-order chi connectivity index (χ1) is 27.1. The van der Waals surface area contributed by atoms with Crippen LogP contribution in [0.15, 0.2) is 0 Å². The molecule has 0 aromatic rings. The molecule has 0 amide bonds. The predicted octanol–water partition coefficient (Wildman–Crippen LogP) is 15.6. The zero-order valence-electron chi connectivity index (χ0n) is 38.4. The van der Waals surface area contributed by atoms with Crippen LogP contribution in [-0.2, 0) is 28.6 Å². The lowest BCUT2D eigenvalue weighted by Crippen LogP contribution is -2.30. The minimum atomic E-state index is -0.762. The van der Waals surface area contributed by atoms with Crippen LogP contribution >= 0.6 is 0 Å². The highest BCUT2D eigenvalue weighted by Gasteiger charge is 2.19. The summed E-state index contributed by atoms with van der Waals surface area (Å²) in [4.78, 5) is 37.8. The molecule has 2 atom stereocenters. The Bertz CT molecular complexity index is 870. The van der Waals surface area contributed by atoms with Gasteiger partial charge in [0.25, 0.3) is 0 Å². The zero-order chi connectivity index (χ0) is 41.3. The Kier molecular flexibility index (Phi) is 40.4. The van der Waals surface area contributed by atoms with Crippen molar-refractivity contribution in [3.05, 3.63) is 0 Å². The van der Waals surface area contributed by atoms with E-state index in [1.165, 1.54) is 148 Å². The molecule has 0 aliphatic rings. The van der Waals surface area contributed by atoms with Crippen molar-refractivity contribution < 1.29 is 28.6 Å². The molecule has 6 nitrogen and oxygen atoms in total. The molecule has 0 saturated carbocycles. The molecular formula is C50H96O6. The summed E-state index contributed by atoms with van der Waals surface area (Å²) in [5.74, 6) is 1.62. The number of carbonyl (C=O) groups is 3. The Hall–Kier alpha value is -1.59. The molecule has 0 saturated heterocycles. The van der Waals surface area contributed by atoms with Gasteiger partial charge in [-0.05, 0) is 37.0 Å². The third-order valence-electron chi connectivity index (χ3n) is 11.5. The fourth-order valence-electron chi connectivity index (χ4n) is 7.38. The van der Waals surface area contributed by atoms with Crippen molar-refractivity contribution in [3.8, 4) is 0 Å². The van der Waals surface area contributed by atoms with E-state index in [2.05, 4.69) is 41.5 Å². The van der Waals surface area contributed by atoms with E-state index < -0.39 is 6.10 Å². The van der Waals surface area contributed by atoms with Crippen LogP contribution in [0.5, 0.6) is 0 Å². The summed E-state index contributed by atoms with van der Waals surface area (Å²) in [6.45, 7) is 13.7. The second-order valence-corrected chi connectivity index (χ2v) is 18.3. The largest absolute Gasteiger partial charge is 0.462 e. The summed E-state index contributed by atoms with van der Waals surface area (Å²) in [6, 6.07) is 0. The Labute approximate surface area is 348 Å². The van der Waals surface area contributed by atoms with Crippen LogP contribution in [0.25, 0.3) is 0 Å². The van der Waals surface area contributed by atoms with Gasteiger partial charge in [0.1, 0.15) is 13.2 Å². The van der Waals surface area contributed by atoms with E-state index in [4.69, 9.17) is 14.2 Å². The third kappa shape index (κ3) is 42.0. The highest BCUT2D eigenvalue weighted by atomic mass is 16.6. The molecule has 0 radical (unpaired) electrons. The van der Waals surface area contributed by atoms with Crippen LogP contribution in [0.1, 0.15) is 266 Å². The van der Waals surface area contributed by atoms with E-state index in [-0.39, 0.29) is 31.1 Å². The summed E-state index contributed by atoms with van der Waals surface area (Å²) >= 11 is 0. The fourth-order valence-corrected chi connectivity index (χ4v) is 7.38. The summed E-state index contributed by atoms with van der Waals surface area (Å²) in [5, 5.41) is 0. The SMILES string of the molecule is CCC(C)CCCCCCCCCCC(=O)OC[C@@H](COC(=O)CCCCCCCCCCCCC(C)C)OC(=O)CCCCCCCCCCCCC(C)C. The van der Waals surface area contributed by atoms with E-state index in [0.717, 1.165) is 75.5 Å². The Morgan fingerprint density at radius 1 is 0.357 bits per heavy atom. The molecule has 0 aliphatic carbocycles. The number of hydrogen-bond acceptors (Lipinski definition) is 6. The van der Waals surface area contributed by atoms with Crippen LogP contribution < -0.4 is 0 Å². The smallest absolute Gasteiger partial charge is 0.306 e. The molecule has 6 heteroatoms. The van der Waals surface area contributed by atoms with Gasteiger partial charge in [-0.3, -0.25) is 14.4 Å². The Morgan fingerprint density at radius 3 is 0.929 bits per heavy atom. The van der Waals surface area contributed by atoms with Gasteiger partial charge in [-0.1, -0.05) is 228 Å². The van der Waals surface area contributed by atoms with Crippen LogP contribution in [-0.4, -0.2) is 37.2 Å². The lowest BCUT2D eigenvalue weighted by atomic mass is 9.99. The van der Waals surface area contributed by atoms with E-state index in [1.54, 1.807) is 0 Å². The van der Waals surface area contributed by atoms with Gasteiger partial charge in [-0.2, -0.15) is 0 Å². The number of esters is 3. The summed E-state index contributed by atoms with van der Waals surface area (Å²) < 4.78 is 16.8. The fraction of sp³-hybridized carbons (Fsp3) is 0.940. The second-order valence-electron chi connectivity index (χ2n) is 18.3. The molecule has 0 N–H and O–H groups in total. The maximum atomic E-state index is 12.7. The minimum absolute atomic E-state index is 0.0656. The topological polar surface area (TPSA) is 78.9 Å². The second kappa shape index (κ2) is 41.6. The van der Waals surface area contributed by atoms with E-state index in [0.29, 0.717) is 19.3 Å². The molecule has 0 bridgehead atoms. The van der Waals surface area contributed by atoms with Gasteiger partial charge in [-0.25, -0.2) is 0 Å². The van der Waals surface area contributed by atoms with Gasteiger partial charge in [-0.15, -0.1) is 0 Å². The van der Waals surface area contributed by atoms with Crippen LogP contribution in [0, 0.1) is 17.8 Å². The van der Waals surface area contributed by atoms with Crippen molar-refractivity contribution in [2.24, 2.45) is 17.8 Å². The van der Waals surface area contributed by atoms with Gasteiger partial charge in [0.05, 0.1) is 0 Å². The van der Waals surface area contributed by atoms with Crippen molar-refractivity contribution in [2.45, 2.75) is 272 Å². The average molecular weight is 793 g/mol.